The monoisotopic (exact) mass is 173 g/mol. The molecular formula is C10H23NO. The molecule has 0 spiro atoms. The van der Waals surface area contributed by atoms with Crippen LogP contribution in [0.15, 0.2) is 0 Å². The van der Waals surface area contributed by atoms with E-state index in [4.69, 9.17) is 10.5 Å². The maximum absolute atomic E-state index is 5.85. The van der Waals surface area contributed by atoms with Gasteiger partial charge in [0.25, 0.3) is 0 Å². The highest BCUT2D eigenvalue weighted by Crippen LogP contribution is 2.25. The fourth-order valence-corrected chi connectivity index (χ4v) is 1.41. The van der Waals surface area contributed by atoms with Crippen molar-refractivity contribution in [2.45, 2.75) is 59.8 Å². The second-order valence-corrected chi connectivity index (χ2v) is 4.83. The molecule has 0 fully saturated rings. The third-order valence-electron chi connectivity index (χ3n) is 1.75. The number of hydrogen-bond donors (Lipinski definition) is 1. The summed E-state index contributed by atoms with van der Waals surface area (Å²) in [5.74, 6) is 0. The van der Waals surface area contributed by atoms with Crippen LogP contribution in [0.2, 0.25) is 0 Å². The first kappa shape index (κ1) is 11.9. The highest BCUT2D eigenvalue weighted by atomic mass is 16.5. The Labute approximate surface area is 76.5 Å². The fourth-order valence-electron chi connectivity index (χ4n) is 1.41. The summed E-state index contributed by atoms with van der Waals surface area (Å²) >= 11 is 0. The van der Waals surface area contributed by atoms with Gasteiger partial charge in [0.05, 0.1) is 12.2 Å². The topological polar surface area (TPSA) is 35.2 Å². The lowest BCUT2D eigenvalue weighted by molar-refractivity contribution is -0.0621. The molecule has 0 aliphatic carbocycles. The van der Waals surface area contributed by atoms with Crippen molar-refractivity contribution in [3.8, 4) is 0 Å². The van der Waals surface area contributed by atoms with Gasteiger partial charge in [0.2, 0.25) is 0 Å². The molecule has 0 aromatic rings. The van der Waals surface area contributed by atoms with Crippen LogP contribution in [-0.2, 0) is 4.74 Å². The van der Waals surface area contributed by atoms with Crippen molar-refractivity contribution in [2.75, 3.05) is 0 Å². The molecule has 0 aliphatic heterocycles. The molecule has 2 N–H and O–H groups in total. The molecule has 2 nitrogen and oxygen atoms in total. The SMILES string of the molecule is CC(C)OC(C(C)N)C(C)(C)C. The molecular weight excluding hydrogens is 150 g/mol. The minimum Gasteiger partial charge on any atom is -0.373 e. The molecule has 2 heteroatoms. The van der Waals surface area contributed by atoms with Gasteiger partial charge in [0, 0.05) is 6.04 Å². The van der Waals surface area contributed by atoms with E-state index in [1.807, 2.05) is 20.8 Å². The van der Waals surface area contributed by atoms with Gasteiger partial charge in [-0.2, -0.15) is 0 Å². The predicted molar refractivity (Wildman–Crippen MR) is 53.1 cm³/mol. The van der Waals surface area contributed by atoms with Crippen LogP contribution in [0.25, 0.3) is 0 Å². The Morgan fingerprint density at radius 1 is 1.08 bits per heavy atom. The average Bonchev–Trinajstić information content (AvgIpc) is 1.79. The van der Waals surface area contributed by atoms with Crippen LogP contribution in [-0.4, -0.2) is 18.2 Å². The summed E-state index contributed by atoms with van der Waals surface area (Å²) in [6, 6.07) is 0.0902. The Morgan fingerprint density at radius 3 is 1.58 bits per heavy atom. The largest absolute Gasteiger partial charge is 0.373 e. The molecule has 0 aliphatic rings. The highest BCUT2D eigenvalue weighted by Gasteiger charge is 2.29. The Hall–Kier alpha value is -0.0800. The van der Waals surface area contributed by atoms with Crippen molar-refractivity contribution in [1.29, 1.82) is 0 Å². The molecule has 0 amide bonds. The molecule has 0 heterocycles. The van der Waals surface area contributed by atoms with E-state index >= 15 is 0 Å². The van der Waals surface area contributed by atoms with E-state index in [9.17, 15) is 0 Å². The molecule has 0 saturated carbocycles. The minimum atomic E-state index is 0.0902. The van der Waals surface area contributed by atoms with Gasteiger partial charge in [-0.05, 0) is 26.2 Å². The van der Waals surface area contributed by atoms with E-state index in [1.165, 1.54) is 0 Å². The number of ether oxygens (including phenoxy) is 1. The van der Waals surface area contributed by atoms with Crippen LogP contribution in [0.3, 0.4) is 0 Å². The summed E-state index contributed by atoms with van der Waals surface area (Å²) in [5.41, 5.74) is 5.97. The van der Waals surface area contributed by atoms with E-state index in [1.54, 1.807) is 0 Å². The summed E-state index contributed by atoms with van der Waals surface area (Å²) in [7, 11) is 0. The van der Waals surface area contributed by atoms with Gasteiger partial charge in [-0.25, -0.2) is 0 Å². The molecule has 0 rings (SSSR count). The van der Waals surface area contributed by atoms with Crippen LogP contribution in [0.5, 0.6) is 0 Å². The van der Waals surface area contributed by atoms with Crippen molar-refractivity contribution in [3.63, 3.8) is 0 Å². The normalized spacial score (nSPS) is 18.0. The molecule has 2 unspecified atom stereocenters. The van der Waals surface area contributed by atoms with Crippen molar-refractivity contribution in [2.24, 2.45) is 11.1 Å². The summed E-state index contributed by atoms with van der Waals surface area (Å²) in [4.78, 5) is 0. The predicted octanol–water partition coefficient (Wildman–Crippen LogP) is 2.17. The van der Waals surface area contributed by atoms with Crippen molar-refractivity contribution in [3.05, 3.63) is 0 Å². The molecule has 0 aromatic carbocycles. The van der Waals surface area contributed by atoms with Gasteiger partial charge < -0.3 is 10.5 Å². The highest BCUT2D eigenvalue weighted by molar-refractivity contribution is 4.81. The lowest BCUT2D eigenvalue weighted by Crippen LogP contribution is -2.44. The minimum absolute atomic E-state index is 0.0902. The first-order valence-corrected chi connectivity index (χ1v) is 4.66. The van der Waals surface area contributed by atoms with E-state index in [0.29, 0.717) is 0 Å². The zero-order valence-corrected chi connectivity index (χ0v) is 9.22. The fraction of sp³-hybridized carbons (Fsp3) is 1.00. The zero-order valence-electron chi connectivity index (χ0n) is 9.22. The quantitative estimate of drug-likeness (QED) is 0.710. The molecule has 0 saturated heterocycles. The third-order valence-corrected chi connectivity index (χ3v) is 1.75. The molecule has 0 bridgehead atoms. The second-order valence-electron chi connectivity index (χ2n) is 4.83. The maximum atomic E-state index is 5.85. The lowest BCUT2D eigenvalue weighted by Gasteiger charge is -2.35. The van der Waals surface area contributed by atoms with Crippen molar-refractivity contribution < 1.29 is 4.74 Å². The van der Waals surface area contributed by atoms with Gasteiger partial charge in [-0.1, -0.05) is 20.8 Å². The standard InChI is InChI=1S/C10H23NO/c1-7(2)12-9(8(3)11)10(4,5)6/h7-9H,11H2,1-6H3. The Kier molecular flexibility index (Phi) is 4.21. The van der Waals surface area contributed by atoms with Gasteiger partial charge in [0.15, 0.2) is 0 Å². The van der Waals surface area contributed by atoms with Crippen molar-refractivity contribution in [1.82, 2.24) is 0 Å². The summed E-state index contributed by atoms with van der Waals surface area (Å²) in [6.07, 6.45) is 0.387. The van der Waals surface area contributed by atoms with Crippen LogP contribution in [0.1, 0.15) is 41.5 Å². The van der Waals surface area contributed by atoms with Crippen LogP contribution in [0, 0.1) is 5.41 Å². The summed E-state index contributed by atoms with van der Waals surface area (Å²) < 4.78 is 5.75. The Balaban J connectivity index is 4.25. The van der Waals surface area contributed by atoms with Gasteiger partial charge in [-0.3, -0.25) is 0 Å². The zero-order chi connectivity index (χ0) is 9.94. The molecule has 0 aromatic heterocycles. The molecule has 0 radical (unpaired) electrons. The average molecular weight is 173 g/mol. The molecule has 12 heavy (non-hydrogen) atoms. The number of nitrogens with two attached hydrogens (primary N) is 1. The van der Waals surface area contributed by atoms with E-state index in [-0.39, 0.29) is 23.7 Å². The van der Waals surface area contributed by atoms with Gasteiger partial charge in [-0.15, -0.1) is 0 Å². The van der Waals surface area contributed by atoms with Crippen molar-refractivity contribution >= 4 is 0 Å². The van der Waals surface area contributed by atoms with E-state index in [2.05, 4.69) is 20.8 Å². The second kappa shape index (κ2) is 4.24. The van der Waals surface area contributed by atoms with Gasteiger partial charge >= 0.3 is 0 Å². The van der Waals surface area contributed by atoms with Crippen LogP contribution in [0.4, 0.5) is 0 Å². The van der Waals surface area contributed by atoms with Crippen LogP contribution >= 0.6 is 0 Å². The maximum Gasteiger partial charge on any atom is 0.0774 e. The molecule has 2 atom stereocenters. The first-order valence-electron chi connectivity index (χ1n) is 4.66. The summed E-state index contributed by atoms with van der Waals surface area (Å²) in [5, 5.41) is 0. The first-order chi connectivity index (χ1) is 5.25. The third kappa shape index (κ3) is 4.07. The summed E-state index contributed by atoms with van der Waals surface area (Å²) in [6.45, 7) is 12.6. The van der Waals surface area contributed by atoms with Crippen LogP contribution < -0.4 is 5.73 Å². The molecule has 74 valence electrons. The smallest absolute Gasteiger partial charge is 0.0774 e. The lowest BCUT2D eigenvalue weighted by atomic mass is 9.85. The Morgan fingerprint density at radius 2 is 1.50 bits per heavy atom. The van der Waals surface area contributed by atoms with E-state index < -0.39 is 0 Å². The Bertz CT molecular complexity index is 124. The number of rotatable bonds is 3. The van der Waals surface area contributed by atoms with Gasteiger partial charge in [0.1, 0.15) is 0 Å². The van der Waals surface area contributed by atoms with E-state index in [0.717, 1.165) is 0 Å². The number of hydrogen-bond acceptors (Lipinski definition) is 2.